The zero-order chi connectivity index (χ0) is 17.8. The fourth-order valence-electron chi connectivity index (χ4n) is 3.77. The molecule has 26 heavy (non-hydrogen) atoms. The summed E-state index contributed by atoms with van der Waals surface area (Å²) in [5, 5.41) is 8.19. The first-order valence-electron chi connectivity index (χ1n) is 9.48. The van der Waals surface area contributed by atoms with Crippen molar-refractivity contribution in [2.75, 3.05) is 26.4 Å². The molecule has 1 aromatic carbocycles. The molecule has 0 spiro atoms. The number of hydrogen-bond donors (Lipinski definition) is 1. The normalized spacial score (nSPS) is 20.9. The Hall–Kier alpha value is -1.76. The van der Waals surface area contributed by atoms with E-state index in [1.165, 1.54) is 11.6 Å². The molecule has 1 unspecified atom stereocenters. The summed E-state index contributed by atoms with van der Waals surface area (Å²) in [4.78, 5) is 0. The molecular formula is C20H26FN3O2. The van der Waals surface area contributed by atoms with Gasteiger partial charge in [-0.3, -0.25) is 4.68 Å². The van der Waals surface area contributed by atoms with E-state index in [9.17, 15) is 4.39 Å². The molecule has 1 N–H and O–H groups in total. The van der Waals surface area contributed by atoms with Crippen LogP contribution in [0.5, 0.6) is 0 Å². The van der Waals surface area contributed by atoms with Gasteiger partial charge < -0.3 is 14.8 Å². The van der Waals surface area contributed by atoms with Gasteiger partial charge in [-0.2, -0.15) is 5.10 Å². The molecule has 4 rings (SSSR count). The van der Waals surface area contributed by atoms with E-state index in [1.807, 2.05) is 6.07 Å². The van der Waals surface area contributed by atoms with Gasteiger partial charge in [-0.05, 0) is 48.4 Å². The summed E-state index contributed by atoms with van der Waals surface area (Å²) in [6.45, 7) is 4.71. The molecule has 1 fully saturated rings. The van der Waals surface area contributed by atoms with Crippen molar-refractivity contribution >= 4 is 0 Å². The minimum Gasteiger partial charge on any atom is -0.381 e. The quantitative estimate of drug-likeness (QED) is 0.862. The third-order valence-corrected chi connectivity index (χ3v) is 5.20. The fourth-order valence-corrected chi connectivity index (χ4v) is 3.77. The molecule has 140 valence electrons. The lowest BCUT2D eigenvalue weighted by Crippen LogP contribution is -2.27. The first-order chi connectivity index (χ1) is 12.8. The van der Waals surface area contributed by atoms with Crippen LogP contribution in [0.3, 0.4) is 0 Å². The first kappa shape index (κ1) is 17.6. The predicted molar refractivity (Wildman–Crippen MR) is 96.3 cm³/mol. The number of fused-ring (bicyclic) bond motifs is 1. The van der Waals surface area contributed by atoms with Crippen LogP contribution in [0.25, 0.3) is 0 Å². The van der Waals surface area contributed by atoms with Crippen LogP contribution in [-0.2, 0) is 29.0 Å². The van der Waals surface area contributed by atoms with Crippen molar-refractivity contribution in [1.82, 2.24) is 15.1 Å². The molecule has 5 nitrogen and oxygen atoms in total. The van der Waals surface area contributed by atoms with Gasteiger partial charge in [-0.1, -0.05) is 12.1 Å². The van der Waals surface area contributed by atoms with Crippen LogP contribution in [0.2, 0.25) is 0 Å². The second kappa shape index (κ2) is 8.29. The molecule has 6 heteroatoms. The summed E-state index contributed by atoms with van der Waals surface area (Å²) in [6.07, 6.45) is 5.29. The summed E-state index contributed by atoms with van der Waals surface area (Å²) in [6, 6.07) is 6.68. The highest BCUT2D eigenvalue weighted by Crippen LogP contribution is 2.26. The molecule has 1 atom stereocenters. The molecule has 2 aromatic rings. The smallest absolute Gasteiger partial charge is 0.123 e. The maximum atomic E-state index is 13.3. The highest BCUT2D eigenvalue weighted by atomic mass is 19.1. The highest BCUT2D eigenvalue weighted by Gasteiger charge is 2.25. The van der Waals surface area contributed by atoms with E-state index in [-0.39, 0.29) is 11.9 Å². The zero-order valence-electron chi connectivity index (χ0n) is 15.0. The van der Waals surface area contributed by atoms with E-state index in [1.54, 1.807) is 12.1 Å². The lowest BCUT2D eigenvalue weighted by atomic mass is 10.0. The third kappa shape index (κ3) is 4.31. The van der Waals surface area contributed by atoms with E-state index in [4.69, 9.17) is 14.6 Å². The van der Waals surface area contributed by atoms with Crippen LogP contribution >= 0.6 is 0 Å². The average molecular weight is 359 g/mol. The molecule has 2 aliphatic rings. The molecule has 0 aliphatic carbocycles. The lowest BCUT2D eigenvalue weighted by Gasteiger charge is -2.22. The van der Waals surface area contributed by atoms with Crippen LogP contribution in [-0.4, -0.2) is 36.1 Å². The van der Waals surface area contributed by atoms with E-state index in [0.717, 1.165) is 56.9 Å². The van der Waals surface area contributed by atoms with Gasteiger partial charge in [0, 0.05) is 39.0 Å². The standard InChI is InChI=1S/C20H26FN3O2/c21-18-3-1-2-16(10-18)11-22-12-19-20-17(6-9-26-19)14-24(23-20)13-15-4-7-25-8-5-15/h1-3,10,14-15,19,22H,4-9,11-13H2. The largest absolute Gasteiger partial charge is 0.381 e. The Morgan fingerprint density at radius 1 is 1.23 bits per heavy atom. The molecule has 1 aromatic heterocycles. The second-order valence-electron chi connectivity index (χ2n) is 7.19. The van der Waals surface area contributed by atoms with Gasteiger partial charge >= 0.3 is 0 Å². The van der Waals surface area contributed by atoms with Gasteiger partial charge in [-0.15, -0.1) is 0 Å². The van der Waals surface area contributed by atoms with Crippen molar-refractivity contribution < 1.29 is 13.9 Å². The number of nitrogens with zero attached hydrogens (tertiary/aromatic N) is 2. The van der Waals surface area contributed by atoms with E-state index >= 15 is 0 Å². The van der Waals surface area contributed by atoms with Crippen molar-refractivity contribution in [2.45, 2.75) is 38.5 Å². The summed E-state index contributed by atoms with van der Waals surface area (Å²) < 4.78 is 26.7. The fraction of sp³-hybridized carbons (Fsp3) is 0.550. The Labute approximate surface area is 153 Å². The summed E-state index contributed by atoms with van der Waals surface area (Å²) >= 11 is 0. The topological polar surface area (TPSA) is 48.3 Å². The Bertz CT molecular complexity index is 728. The Morgan fingerprint density at radius 3 is 2.96 bits per heavy atom. The van der Waals surface area contributed by atoms with Crippen LogP contribution in [0.15, 0.2) is 30.5 Å². The van der Waals surface area contributed by atoms with Gasteiger partial charge in [0.2, 0.25) is 0 Å². The number of hydrogen-bond acceptors (Lipinski definition) is 4. The van der Waals surface area contributed by atoms with Crippen LogP contribution in [0.4, 0.5) is 4.39 Å². The summed E-state index contributed by atoms with van der Waals surface area (Å²) in [5.41, 5.74) is 3.28. The van der Waals surface area contributed by atoms with Crippen molar-refractivity contribution in [1.29, 1.82) is 0 Å². The Morgan fingerprint density at radius 2 is 2.12 bits per heavy atom. The van der Waals surface area contributed by atoms with Crippen molar-refractivity contribution in [3.8, 4) is 0 Å². The number of rotatable bonds is 6. The maximum absolute atomic E-state index is 13.3. The van der Waals surface area contributed by atoms with Crippen LogP contribution < -0.4 is 5.32 Å². The third-order valence-electron chi connectivity index (χ3n) is 5.20. The molecule has 0 saturated carbocycles. The van der Waals surface area contributed by atoms with Crippen LogP contribution in [0.1, 0.15) is 35.8 Å². The van der Waals surface area contributed by atoms with Crippen LogP contribution in [0, 0.1) is 11.7 Å². The molecule has 3 heterocycles. The van der Waals surface area contributed by atoms with Gasteiger partial charge in [0.15, 0.2) is 0 Å². The van der Waals surface area contributed by atoms with E-state index in [0.29, 0.717) is 19.0 Å². The molecule has 0 amide bonds. The zero-order valence-corrected chi connectivity index (χ0v) is 15.0. The van der Waals surface area contributed by atoms with Crippen molar-refractivity contribution in [3.05, 3.63) is 53.1 Å². The monoisotopic (exact) mass is 359 g/mol. The molecule has 1 saturated heterocycles. The highest BCUT2D eigenvalue weighted by molar-refractivity contribution is 5.22. The maximum Gasteiger partial charge on any atom is 0.123 e. The minimum atomic E-state index is -0.202. The number of benzene rings is 1. The van der Waals surface area contributed by atoms with Gasteiger partial charge in [-0.25, -0.2) is 4.39 Å². The number of ether oxygens (including phenoxy) is 2. The van der Waals surface area contributed by atoms with E-state index < -0.39 is 0 Å². The van der Waals surface area contributed by atoms with Gasteiger partial charge in [0.05, 0.1) is 12.3 Å². The second-order valence-corrected chi connectivity index (χ2v) is 7.19. The molecule has 0 bridgehead atoms. The number of halogens is 1. The molecular weight excluding hydrogens is 333 g/mol. The predicted octanol–water partition coefficient (Wildman–Crippen LogP) is 2.85. The summed E-state index contributed by atoms with van der Waals surface area (Å²) in [5.74, 6) is 0.447. The first-order valence-corrected chi connectivity index (χ1v) is 9.48. The molecule has 0 radical (unpaired) electrons. The number of aromatic nitrogens is 2. The number of nitrogens with one attached hydrogen (secondary N) is 1. The minimum absolute atomic E-state index is 0.0387. The van der Waals surface area contributed by atoms with Gasteiger partial charge in [0.25, 0.3) is 0 Å². The van der Waals surface area contributed by atoms with E-state index in [2.05, 4.69) is 16.2 Å². The summed E-state index contributed by atoms with van der Waals surface area (Å²) in [7, 11) is 0. The van der Waals surface area contributed by atoms with Crippen molar-refractivity contribution in [2.24, 2.45) is 5.92 Å². The lowest BCUT2D eigenvalue weighted by molar-refractivity contribution is 0.0388. The Balaban J connectivity index is 1.35. The van der Waals surface area contributed by atoms with Gasteiger partial charge in [0.1, 0.15) is 11.9 Å². The average Bonchev–Trinajstić information content (AvgIpc) is 3.06. The SMILES string of the molecule is Fc1cccc(CNCC2OCCc3cn(CC4CCOCC4)nc32)c1. The molecule has 2 aliphatic heterocycles. The van der Waals surface area contributed by atoms with Crippen molar-refractivity contribution in [3.63, 3.8) is 0 Å². The Kier molecular flexibility index (Phi) is 5.62.